The topological polar surface area (TPSA) is 96.0 Å². The first-order chi connectivity index (χ1) is 14.4. The van der Waals surface area contributed by atoms with Crippen LogP contribution in [0.5, 0.6) is 0 Å². The molecule has 1 aliphatic carbocycles. The van der Waals surface area contributed by atoms with Crippen molar-refractivity contribution in [2.24, 2.45) is 0 Å². The lowest BCUT2D eigenvalue weighted by Gasteiger charge is -2.00. The summed E-state index contributed by atoms with van der Waals surface area (Å²) in [4.78, 5) is 21.1. The zero-order valence-corrected chi connectivity index (χ0v) is 15.3. The lowest BCUT2D eigenvalue weighted by Crippen LogP contribution is -1.87. The van der Waals surface area contributed by atoms with Crippen LogP contribution in [0.1, 0.15) is 12.1 Å². The van der Waals surface area contributed by atoms with Gasteiger partial charge in [0.1, 0.15) is 17.5 Å². The summed E-state index contributed by atoms with van der Waals surface area (Å²) in [6.07, 6.45) is 14.3. The van der Waals surface area contributed by atoms with E-state index in [1.807, 2.05) is 24.4 Å². The monoisotopic (exact) mass is 377 g/mol. The minimum absolute atomic E-state index is 0.775. The molecule has 138 valence electrons. The maximum absolute atomic E-state index is 4.82. The first kappa shape index (κ1) is 15.9. The Balaban J connectivity index is 1.52. The van der Waals surface area contributed by atoms with Crippen LogP contribution in [0.2, 0.25) is 0 Å². The second kappa shape index (κ2) is 6.20. The molecule has 0 spiro atoms. The molecule has 0 saturated heterocycles. The van der Waals surface area contributed by atoms with E-state index in [0.29, 0.717) is 0 Å². The van der Waals surface area contributed by atoms with Crippen molar-refractivity contribution in [2.75, 3.05) is 0 Å². The van der Waals surface area contributed by atoms with E-state index in [1.165, 1.54) is 6.33 Å². The smallest absolute Gasteiger partial charge is 0.135 e. The van der Waals surface area contributed by atoms with Crippen LogP contribution in [-0.4, -0.2) is 35.1 Å². The molecule has 7 heteroatoms. The Bertz CT molecular complexity index is 1420. The molecular weight excluding hydrogens is 362 g/mol. The number of rotatable bonds is 3. The molecule has 7 nitrogen and oxygen atoms in total. The molecule has 0 atom stereocenters. The lowest BCUT2D eigenvalue weighted by atomic mass is 10.1. The summed E-state index contributed by atoms with van der Waals surface area (Å²) < 4.78 is 0. The number of H-pyrrole nitrogens is 2. The van der Waals surface area contributed by atoms with Gasteiger partial charge in [-0.15, -0.1) is 0 Å². The summed E-state index contributed by atoms with van der Waals surface area (Å²) in [6, 6.07) is 8.00. The SMILES string of the molecule is C1=CC(c2nccc3[nH]c(-c4n[nH]c5ccc(-c6cncnc6)nc45)cc23)=CC1. The Labute approximate surface area is 165 Å². The Hall–Kier alpha value is -4.13. The van der Waals surface area contributed by atoms with Gasteiger partial charge in [0.2, 0.25) is 0 Å². The van der Waals surface area contributed by atoms with Gasteiger partial charge in [-0.05, 0) is 36.3 Å². The quantitative estimate of drug-likeness (QED) is 0.489. The molecule has 5 heterocycles. The second-order valence-electron chi connectivity index (χ2n) is 6.89. The van der Waals surface area contributed by atoms with Gasteiger partial charge in [-0.3, -0.25) is 10.1 Å². The number of allylic oxidation sites excluding steroid dienone is 4. The largest absolute Gasteiger partial charge is 0.353 e. The molecular formula is C22H15N7. The molecule has 0 amide bonds. The van der Waals surface area contributed by atoms with Crippen molar-refractivity contribution >= 4 is 27.5 Å². The van der Waals surface area contributed by atoms with E-state index in [2.05, 4.69) is 54.4 Å². The van der Waals surface area contributed by atoms with Gasteiger partial charge < -0.3 is 4.98 Å². The van der Waals surface area contributed by atoms with E-state index in [1.54, 1.807) is 12.4 Å². The third kappa shape index (κ3) is 2.55. The van der Waals surface area contributed by atoms with E-state index in [9.17, 15) is 0 Å². The van der Waals surface area contributed by atoms with Gasteiger partial charge in [-0.25, -0.2) is 15.0 Å². The highest BCUT2D eigenvalue weighted by Crippen LogP contribution is 2.32. The van der Waals surface area contributed by atoms with Gasteiger partial charge in [0.25, 0.3) is 0 Å². The highest BCUT2D eigenvalue weighted by Gasteiger charge is 2.16. The van der Waals surface area contributed by atoms with Gasteiger partial charge >= 0.3 is 0 Å². The third-order valence-electron chi connectivity index (χ3n) is 5.11. The molecule has 0 unspecified atom stereocenters. The molecule has 0 aromatic carbocycles. The molecule has 0 aliphatic heterocycles. The maximum atomic E-state index is 4.82. The van der Waals surface area contributed by atoms with Crippen molar-refractivity contribution in [1.29, 1.82) is 0 Å². The zero-order chi connectivity index (χ0) is 19.2. The minimum atomic E-state index is 0.775. The number of aromatic amines is 2. The molecule has 0 radical (unpaired) electrons. The average molecular weight is 377 g/mol. The first-order valence-corrected chi connectivity index (χ1v) is 9.32. The fourth-order valence-electron chi connectivity index (χ4n) is 3.72. The molecule has 0 fully saturated rings. The van der Waals surface area contributed by atoms with E-state index in [4.69, 9.17) is 4.98 Å². The Morgan fingerprint density at radius 2 is 1.90 bits per heavy atom. The number of nitrogens with zero attached hydrogens (tertiary/aromatic N) is 5. The summed E-state index contributed by atoms with van der Waals surface area (Å²) in [5, 5.41) is 8.67. The summed E-state index contributed by atoms with van der Waals surface area (Å²) in [5.74, 6) is 0. The van der Waals surface area contributed by atoms with Gasteiger partial charge in [-0.2, -0.15) is 5.10 Å². The van der Waals surface area contributed by atoms with Crippen LogP contribution in [0.15, 0.2) is 67.4 Å². The van der Waals surface area contributed by atoms with Crippen molar-refractivity contribution < 1.29 is 0 Å². The first-order valence-electron chi connectivity index (χ1n) is 9.32. The van der Waals surface area contributed by atoms with Crippen molar-refractivity contribution in [3.63, 3.8) is 0 Å². The highest BCUT2D eigenvalue weighted by molar-refractivity contribution is 5.99. The zero-order valence-electron chi connectivity index (χ0n) is 15.3. The Morgan fingerprint density at radius 3 is 2.76 bits per heavy atom. The summed E-state index contributed by atoms with van der Waals surface area (Å²) in [5.41, 5.74) is 8.17. The van der Waals surface area contributed by atoms with Crippen LogP contribution in [0, 0.1) is 0 Å². The molecule has 2 N–H and O–H groups in total. The van der Waals surface area contributed by atoms with E-state index in [0.717, 1.165) is 62.3 Å². The number of nitrogens with one attached hydrogen (secondary N) is 2. The van der Waals surface area contributed by atoms with Crippen LogP contribution >= 0.6 is 0 Å². The van der Waals surface area contributed by atoms with E-state index < -0.39 is 0 Å². The molecule has 1 aliphatic rings. The van der Waals surface area contributed by atoms with Gasteiger partial charge in [-0.1, -0.05) is 18.2 Å². The Kier molecular flexibility index (Phi) is 3.40. The van der Waals surface area contributed by atoms with Crippen LogP contribution in [-0.2, 0) is 0 Å². The number of fused-ring (bicyclic) bond motifs is 2. The maximum Gasteiger partial charge on any atom is 0.135 e. The lowest BCUT2D eigenvalue weighted by molar-refractivity contribution is 1.12. The van der Waals surface area contributed by atoms with Crippen LogP contribution < -0.4 is 0 Å². The molecule has 5 aromatic rings. The number of aromatic nitrogens is 7. The summed E-state index contributed by atoms with van der Waals surface area (Å²) in [6.45, 7) is 0. The van der Waals surface area contributed by atoms with Gasteiger partial charge in [0, 0.05) is 35.1 Å². The normalized spacial score (nSPS) is 13.4. The van der Waals surface area contributed by atoms with Crippen molar-refractivity contribution in [3.8, 4) is 22.6 Å². The molecule has 5 aromatic heterocycles. The van der Waals surface area contributed by atoms with Crippen LogP contribution in [0.25, 0.3) is 50.2 Å². The standard InChI is InChI=1S/C22H15N7/c1-2-4-13(3-1)20-15-9-19(26-17(15)7-8-25-20)22-21-18(28-29-22)6-5-16(27-21)14-10-23-12-24-11-14/h1,3-12,26H,2H2,(H,28,29). The second-order valence-corrected chi connectivity index (χ2v) is 6.89. The number of hydrogen-bond donors (Lipinski definition) is 2. The molecule has 6 rings (SSSR count). The molecule has 0 saturated carbocycles. The number of hydrogen-bond acceptors (Lipinski definition) is 5. The Morgan fingerprint density at radius 1 is 0.966 bits per heavy atom. The summed E-state index contributed by atoms with van der Waals surface area (Å²) >= 11 is 0. The predicted octanol–water partition coefficient (Wildman–Crippen LogP) is 4.30. The van der Waals surface area contributed by atoms with Gasteiger partial charge in [0.15, 0.2) is 0 Å². The average Bonchev–Trinajstić information content (AvgIpc) is 3.52. The van der Waals surface area contributed by atoms with Gasteiger partial charge in [0.05, 0.1) is 22.6 Å². The van der Waals surface area contributed by atoms with Crippen LogP contribution in [0.4, 0.5) is 0 Å². The fraction of sp³-hybridized carbons (Fsp3) is 0.0455. The molecule has 0 bridgehead atoms. The molecule has 29 heavy (non-hydrogen) atoms. The summed E-state index contributed by atoms with van der Waals surface area (Å²) in [7, 11) is 0. The minimum Gasteiger partial charge on any atom is -0.353 e. The van der Waals surface area contributed by atoms with Crippen molar-refractivity contribution in [3.05, 3.63) is 73.1 Å². The van der Waals surface area contributed by atoms with E-state index >= 15 is 0 Å². The van der Waals surface area contributed by atoms with Crippen LogP contribution in [0.3, 0.4) is 0 Å². The predicted molar refractivity (Wildman–Crippen MR) is 112 cm³/mol. The van der Waals surface area contributed by atoms with E-state index in [-0.39, 0.29) is 0 Å². The fourth-order valence-corrected chi connectivity index (χ4v) is 3.72. The number of pyridine rings is 2. The van der Waals surface area contributed by atoms with Crippen molar-refractivity contribution in [1.82, 2.24) is 35.1 Å². The van der Waals surface area contributed by atoms with Crippen molar-refractivity contribution in [2.45, 2.75) is 6.42 Å². The highest BCUT2D eigenvalue weighted by atomic mass is 15.1. The third-order valence-corrected chi connectivity index (χ3v) is 5.11.